The summed E-state index contributed by atoms with van der Waals surface area (Å²) in [6, 6.07) is 5.47. The second kappa shape index (κ2) is 3.24. The molecular weight excluding hydrogens is 242 g/mol. The molecule has 1 aromatic heterocycles. The Bertz CT molecular complexity index is 508. The van der Waals surface area contributed by atoms with Gasteiger partial charge in [0.2, 0.25) is 0 Å². The quantitative estimate of drug-likeness (QED) is 0.780. The molecule has 2 nitrogen and oxygen atoms in total. The van der Waals surface area contributed by atoms with E-state index in [4.69, 9.17) is 0 Å². The second-order valence-corrected chi connectivity index (χ2v) is 4.21. The van der Waals surface area contributed by atoms with Crippen LogP contribution in [0.3, 0.4) is 0 Å². The summed E-state index contributed by atoms with van der Waals surface area (Å²) in [7, 11) is 0. The van der Waals surface area contributed by atoms with Crippen LogP contribution in [-0.4, -0.2) is 10.1 Å². The van der Waals surface area contributed by atoms with E-state index in [2.05, 4.69) is 20.9 Å². The van der Waals surface area contributed by atoms with Crippen molar-refractivity contribution >= 4 is 26.8 Å². The lowest BCUT2D eigenvalue weighted by Gasteiger charge is -2.06. The number of hydrogen-bond acceptors (Lipinski definition) is 2. The topological polar surface area (TPSA) is 33.1 Å². The summed E-state index contributed by atoms with van der Waals surface area (Å²) in [5.74, 6) is 0.295. The number of halogens is 1. The van der Waals surface area contributed by atoms with Crippen molar-refractivity contribution in [3.63, 3.8) is 0 Å². The van der Waals surface area contributed by atoms with Crippen LogP contribution in [0.2, 0.25) is 0 Å². The minimum absolute atomic E-state index is 0.295. The van der Waals surface area contributed by atoms with Crippen molar-refractivity contribution in [2.45, 2.75) is 13.8 Å². The lowest BCUT2D eigenvalue weighted by molar-refractivity contribution is 0.480. The van der Waals surface area contributed by atoms with Gasteiger partial charge in [0.05, 0.1) is 5.52 Å². The SMILES string of the molecule is Cc1cc(O)c2ccc(Br)c(C)c2n1. The Kier molecular flexibility index (Phi) is 2.19. The molecule has 0 fully saturated rings. The molecule has 3 heteroatoms. The minimum Gasteiger partial charge on any atom is -0.507 e. The van der Waals surface area contributed by atoms with Crippen LogP contribution in [-0.2, 0) is 0 Å². The van der Waals surface area contributed by atoms with E-state index in [0.717, 1.165) is 26.6 Å². The van der Waals surface area contributed by atoms with Gasteiger partial charge < -0.3 is 5.11 Å². The highest BCUT2D eigenvalue weighted by Gasteiger charge is 2.06. The zero-order chi connectivity index (χ0) is 10.3. The standard InChI is InChI=1S/C11H10BrNO/c1-6-5-10(14)8-3-4-9(12)7(2)11(8)13-6/h3-5H,1-2H3,(H,13,14). The summed E-state index contributed by atoms with van der Waals surface area (Å²) in [6.45, 7) is 3.86. The molecule has 0 unspecified atom stereocenters. The first-order valence-electron chi connectivity index (χ1n) is 4.35. The van der Waals surface area contributed by atoms with E-state index >= 15 is 0 Å². The zero-order valence-electron chi connectivity index (χ0n) is 8.00. The first-order valence-corrected chi connectivity index (χ1v) is 5.14. The number of fused-ring (bicyclic) bond motifs is 1. The van der Waals surface area contributed by atoms with Gasteiger partial charge in [-0.15, -0.1) is 0 Å². The van der Waals surface area contributed by atoms with Gasteiger partial charge in [0.15, 0.2) is 0 Å². The van der Waals surface area contributed by atoms with E-state index in [0.29, 0.717) is 5.75 Å². The van der Waals surface area contributed by atoms with Crippen molar-refractivity contribution in [1.29, 1.82) is 0 Å². The molecule has 1 N–H and O–H groups in total. The molecule has 0 atom stereocenters. The summed E-state index contributed by atoms with van der Waals surface area (Å²) in [4.78, 5) is 4.41. The molecule has 72 valence electrons. The Labute approximate surface area is 90.7 Å². The molecule has 1 heterocycles. The number of rotatable bonds is 0. The van der Waals surface area contributed by atoms with Crippen LogP contribution in [0.5, 0.6) is 5.75 Å². The minimum atomic E-state index is 0.295. The Morgan fingerprint density at radius 3 is 2.71 bits per heavy atom. The van der Waals surface area contributed by atoms with E-state index in [-0.39, 0.29) is 0 Å². The molecule has 0 radical (unpaired) electrons. The fraction of sp³-hybridized carbons (Fsp3) is 0.182. The molecule has 0 spiro atoms. The summed E-state index contributed by atoms with van der Waals surface area (Å²) in [5.41, 5.74) is 2.74. The van der Waals surface area contributed by atoms with Crippen LogP contribution in [0.4, 0.5) is 0 Å². The van der Waals surface area contributed by atoms with Crippen LogP contribution >= 0.6 is 15.9 Å². The molecule has 2 rings (SSSR count). The molecule has 1 aromatic carbocycles. The average Bonchev–Trinajstić information content (AvgIpc) is 2.12. The number of hydrogen-bond donors (Lipinski definition) is 1. The molecule has 0 saturated heterocycles. The van der Waals surface area contributed by atoms with Crippen molar-refractivity contribution in [1.82, 2.24) is 4.98 Å². The van der Waals surface area contributed by atoms with Gasteiger partial charge in [0.1, 0.15) is 5.75 Å². The van der Waals surface area contributed by atoms with Gasteiger partial charge in [0, 0.05) is 21.6 Å². The summed E-state index contributed by atoms with van der Waals surface area (Å²) < 4.78 is 1.02. The van der Waals surface area contributed by atoms with E-state index in [9.17, 15) is 5.11 Å². The number of aromatic nitrogens is 1. The van der Waals surface area contributed by atoms with Gasteiger partial charge in [-0.1, -0.05) is 15.9 Å². The van der Waals surface area contributed by atoms with Crippen molar-refractivity contribution in [3.8, 4) is 5.75 Å². The summed E-state index contributed by atoms with van der Waals surface area (Å²) in [5, 5.41) is 10.5. The number of benzene rings is 1. The number of pyridine rings is 1. The molecule has 0 amide bonds. The second-order valence-electron chi connectivity index (χ2n) is 3.35. The molecule has 0 aliphatic rings. The fourth-order valence-corrected chi connectivity index (χ4v) is 1.83. The Balaban J connectivity index is 2.95. The normalized spacial score (nSPS) is 10.8. The summed E-state index contributed by atoms with van der Waals surface area (Å²) >= 11 is 3.44. The van der Waals surface area contributed by atoms with E-state index < -0.39 is 0 Å². The van der Waals surface area contributed by atoms with E-state index in [1.807, 2.05) is 26.0 Å². The molecular formula is C11H10BrNO. The zero-order valence-corrected chi connectivity index (χ0v) is 9.59. The largest absolute Gasteiger partial charge is 0.507 e. The predicted octanol–water partition coefficient (Wildman–Crippen LogP) is 3.32. The maximum atomic E-state index is 9.71. The monoisotopic (exact) mass is 251 g/mol. The molecule has 0 bridgehead atoms. The first-order chi connectivity index (χ1) is 6.59. The molecule has 0 saturated carbocycles. The van der Waals surface area contributed by atoms with Gasteiger partial charge in [-0.2, -0.15) is 0 Å². The van der Waals surface area contributed by atoms with E-state index in [1.54, 1.807) is 6.07 Å². The maximum Gasteiger partial charge on any atom is 0.126 e. The highest BCUT2D eigenvalue weighted by molar-refractivity contribution is 9.10. The van der Waals surface area contributed by atoms with E-state index in [1.165, 1.54) is 0 Å². The van der Waals surface area contributed by atoms with Gasteiger partial charge >= 0.3 is 0 Å². The van der Waals surface area contributed by atoms with Crippen LogP contribution in [0.15, 0.2) is 22.7 Å². The third-order valence-electron chi connectivity index (χ3n) is 2.27. The highest BCUT2D eigenvalue weighted by atomic mass is 79.9. The predicted molar refractivity (Wildman–Crippen MR) is 60.6 cm³/mol. The molecule has 0 aliphatic carbocycles. The van der Waals surface area contributed by atoms with Crippen molar-refractivity contribution in [3.05, 3.63) is 33.9 Å². The summed E-state index contributed by atoms with van der Waals surface area (Å²) in [6.07, 6.45) is 0. The average molecular weight is 252 g/mol. The lowest BCUT2D eigenvalue weighted by Crippen LogP contribution is -1.88. The third kappa shape index (κ3) is 1.38. The van der Waals surface area contributed by atoms with Gasteiger partial charge in [-0.3, -0.25) is 4.98 Å². The van der Waals surface area contributed by atoms with Crippen LogP contribution in [0.1, 0.15) is 11.3 Å². The number of nitrogens with zero attached hydrogens (tertiary/aromatic N) is 1. The first kappa shape index (κ1) is 9.46. The van der Waals surface area contributed by atoms with Crippen molar-refractivity contribution < 1.29 is 5.11 Å². The number of aryl methyl sites for hydroxylation is 2. The third-order valence-corrected chi connectivity index (χ3v) is 3.13. The van der Waals surface area contributed by atoms with Crippen LogP contribution in [0.25, 0.3) is 10.9 Å². The van der Waals surface area contributed by atoms with Crippen LogP contribution in [0, 0.1) is 13.8 Å². The lowest BCUT2D eigenvalue weighted by atomic mass is 10.1. The highest BCUT2D eigenvalue weighted by Crippen LogP contribution is 2.30. The Morgan fingerprint density at radius 1 is 1.29 bits per heavy atom. The van der Waals surface area contributed by atoms with Gasteiger partial charge in [0.25, 0.3) is 0 Å². The van der Waals surface area contributed by atoms with Crippen molar-refractivity contribution in [2.75, 3.05) is 0 Å². The molecule has 0 aliphatic heterocycles. The maximum absolute atomic E-state index is 9.71. The molecule has 2 aromatic rings. The van der Waals surface area contributed by atoms with Gasteiger partial charge in [-0.25, -0.2) is 0 Å². The van der Waals surface area contributed by atoms with Gasteiger partial charge in [-0.05, 0) is 31.5 Å². The Hall–Kier alpha value is -1.09. The Morgan fingerprint density at radius 2 is 2.00 bits per heavy atom. The van der Waals surface area contributed by atoms with Crippen molar-refractivity contribution in [2.24, 2.45) is 0 Å². The van der Waals surface area contributed by atoms with Crippen LogP contribution < -0.4 is 0 Å². The molecule has 14 heavy (non-hydrogen) atoms. The fourth-order valence-electron chi connectivity index (χ4n) is 1.51. The number of aromatic hydroxyl groups is 1. The smallest absolute Gasteiger partial charge is 0.126 e.